The van der Waals surface area contributed by atoms with Crippen LogP contribution >= 0.6 is 11.3 Å². The fourth-order valence-electron chi connectivity index (χ4n) is 1.59. The number of hydrogen-bond acceptors (Lipinski definition) is 5. The summed E-state index contributed by atoms with van der Waals surface area (Å²) in [6.45, 7) is 0.641. The molecule has 0 fully saturated rings. The average Bonchev–Trinajstić information content (AvgIpc) is 2.94. The van der Waals surface area contributed by atoms with Gasteiger partial charge >= 0.3 is 0 Å². The fraction of sp³-hybridized carbons (Fsp3) is 0.0833. The minimum Gasteiger partial charge on any atom is -0.467 e. The number of hydrogen-bond donors (Lipinski definition) is 2. The van der Waals surface area contributed by atoms with Crippen molar-refractivity contribution in [1.29, 1.82) is 0 Å². The molecule has 0 spiro atoms. The van der Waals surface area contributed by atoms with E-state index in [0.29, 0.717) is 6.54 Å². The molecule has 4 nitrogen and oxygen atoms in total. The predicted molar refractivity (Wildman–Crippen MR) is 70.1 cm³/mol. The first kappa shape index (κ1) is 10.2. The molecule has 2 heterocycles. The number of furan rings is 1. The molecule has 0 atom stereocenters. The van der Waals surface area contributed by atoms with Crippen molar-refractivity contribution < 1.29 is 4.42 Å². The van der Waals surface area contributed by atoms with Crippen LogP contribution in [0.3, 0.4) is 0 Å². The highest BCUT2D eigenvalue weighted by Crippen LogP contribution is 2.27. The lowest BCUT2D eigenvalue weighted by Gasteiger charge is -1.97. The average molecular weight is 245 g/mol. The van der Waals surface area contributed by atoms with E-state index in [4.69, 9.17) is 10.2 Å². The van der Waals surface area contributed by atoms with Gasteiger partial charge in [-0.25, -0.2) is 4.98 Å². The van der Waals surface area contributed by atoms with Crippen LogP contribution in [0.2, 0.25) is 0 Å². The molecule has 0 aliphatic heterocycles. The van der Waals surface area contributed by atoms with Crippen molar-refractivity contribution >= 4 is 32.4 Å². The number of thiazole rings is 1. The van der Waals surface area contributed by atoms with Crippen LogP contribution in [-0.2, 0) is 6.54 Å². The smallest absolute Gasteiger partial charge is 0.184 e. The Balaban J connectivity index is 1.81. The minimum absolute atomic E-state index is 0.641. The summed E-state index contributed by atoms with van der Waals surface area (Å²) in [6, 6.07) is 9.52. The second kappa shape index (κ2) is 4.10. The number of rotatable bonds is 3. The Hall–Kier alpha value is -2.01. The number of nitrogens with zero attached hydrogens (tertiary/aromatic N) is 1. The summed E-state index contributed by atoms with van der Waals surface area (Å²) >= 11 is 1.59. The molecule has 3 rings (SSSR count). The Kier molecular flexibility index (Phi) is 2.45. The molecule has 0 aliphatic carbocycles. The molecule has 5 heteroatoms. The van der Waals surface area contributed by atoms with E-state index in [0.717, 1.165) is 26.8 Å². The van der Waals surface area contributed by atoms with Crippen LogP contribution in [0.25, 0.3) is 10.2 Å². The summed E-state index contributed by atoms with van der Waals surface area (Å²) in [5.74, 6) is 0.892. The summed E-state index contributed by atoms with van der Waals surface area (Å²) < 4.78 is 6.33. The zero-order chi connectivity index (χ0) is 11.7. The third-order valence-electron chi connectivity index (χ3n) is 2.41. The summed E-state index contributed by atoms with van der Waals surface area (Å²) in [6.07, 6.45) is 1.66. The van der Waals surface area contributed by atoms with Crippen LogP contribution < -0.4 is 11.1 Å². The van der Waals surface area contributed by atoms with Crippen molar-refractivity contribution in [1.82, 2.24) is 4.98 Å². The molecular formula is C12H11N3OS. The maximum atomic E-state index is 5.73. The molecule has 17 heavy (non-hydrogen) atoms. The van der Waals surface area contributed by atoms with Gasteiger partial charge in [0, 0.05) is 5.69 Å². The van der Waals surface area contributed by atoms with E-state index in [1.165, 1.54) is 0 Å². The van der Waals surface area contributed by atoms with Gasteiger partial charge in [-0.3, -0.25) is 0 Å². The second-order valence-electron chi connectivity index (χ2n) is 3.68. The summed E-state index contributed by atoms with van der Waals surface area (Å²) in [4.78, 5) is 4.46. The lowest BCUT2D eigenvalue weighted by Crippen LogP contribution is -1.96. The normalized spacial score (nSPS) is 10.8. The largest absolute Gasteiger partial charge is 0.467 e. The quantitative estimate of drug-likeness (QED) is 0.696. The van der Waals surface area contributed by atoms with Crippen LogP contribution in [-0.4, -0.2) is 4.98 Å². The van der Waals surface area contributed by atoms with Gasteiger partial charge in [-0.15, -0.1) is 0 Å². The topological polar surface area (TPSA) is 64.1 Å². The summed E-state index contributed by atoms with van der Waals surface area (Å²) in [5.41, 5.74) is 7.45. The number of nitrogens with one attached hydrogen (secondary N) is 1. The van der Waals surface area contributed by atoms with E-state index in [1.807, 2.05) is 30.3 Å². The van der Waals surface area contributed by atoms with Gasteiger partial charge in [-0.1, -0.05) is 11.3 Å². The van der Waals surface area contributed by atoms with E-state index < -0.39 is 0 Å². The lowest BCUT2D eigenvalue weighted by atomic mass is 10.3. The zero-order valence-electron chi connectivity index (χ0n) is 9.01. The molecule has 3 N–H and O–H groups in total. The van der Waals surface area contributed by atoms with E-state index >= 15 is 0 Å². The molecule has 86 valence electrons. The van der Waals surface area contributed by atoms with Gasteiger partial charge in [0.15, 0.2) is 5.13 Å². The Morgan fingerprint density at radius 2 is 2.29 bits per heavy atom. The van der Waals surface area contributed by atoms with Crippen molar-refractivity contribution in [3.63, 3.8) is 0 Å². The molecule has 0 saturated heterocycles. The third-order valence-corrected chi connectivity index (χ3v) is 3.38. The highest BCUT2D eigenvalue weighted by atomic mass is 32.1. The zero-order valence-corrected chi connectivity index (χ0v) is 9.83. The van der Waals surface area contributed by atoms with E-state index in [9.17, 15) is 0 Å². The Morgan fingerprint density at radius 1 is 1.35 bits per heavy atom. The molecule has 0 radical (unpaired) electrons. The maximum absolute atomic E-state index is 5.73. The van der Waals surface area contributed by atoms with Crippen molar-refractivity contribution in [3.05, 3.63) is 42.4 Å². The second-order valence-corrected chi connectivity index (χ2v) is 4.71. The highest BCUT2D eigenvalue weighted by molar-refractivity contribution is 7.22. The highest BCUT2D eigenvalue weighted by Gasteiger charge is 2.04. The number of fused-ring (bicyclic) bond motifs is 1. The molecule has 1 aromatic carbocycles. The monoisotopic (exact) mass is 245 g/mol. The van der Waals surface area contributed by atoms with Gasteiger partial charge in [-0.2, -0.15) is 0 Å². The van der Waals surface area contributed by atoms with Crippen LogP contribution in [0.1, 0.15) is 5.76 Å². The molecule has 0 bridgehead atoms. The third kappa shape index (κ3) is 2.09. The van der Waals surface area contributed by atoms with Crippen molar-refractivity contribution in [2.24, 2.45) is 0 Å². The van der Waals surface area contributed by atoms with Crippen LogP contribution in [0.5, 0.6) is 0 Å². The van der Waals surface area contributed by atoms with Gasteiger partial charge < -0.3 is 15.5 Å². The van der Waals surface area contributed by atoms with Crippen LogP contribution in [0.4, 0.5) is 10.8 Å². The standard InChI is InChI=1S/C12H11N3OS/c13-8-3-4-10-11(6-8)17-12(15-10)14-7-9-2-1-5-16-9/h1-6H,7,13H2,(H,14,15). The SMILES string of the molecule is Nc1ccc2nc(NCc3ccco3)sc2c1. The summed E-state index contributed by atoms with van der Waals surface area (Å²) in [5, 5.41) is 4.11. The van der Waals surface area contributed by atoms with E-state index in [1.54, 1.807) is 17.6 Å². The van der Waals surface area contributed by atoms with Crippen LogP contribution in [0, 0.1) is 0 Å². The molecule has 0 aliphatic rings. The Bertz CT molecular complexity index is 630. The minimum atomic E-state index is 0.641. The van der Waals surface area contributed by atoms with Crippen LogP contribution in [0.15, 0.2) is 41.0 Å². The first-order valence-electron chi connectivity index (χ1n) is 5.23. The van der Waals surface area contributed by atoms with Crippen molar-refractivity contribution in [3.8, 4) is 0 Å². The summed E-state index contributed by atoms with van der Waals surface area (Å²) in [7, 11) is 0. The Labute approximate surface area is 102 Å². The van der Waals surface area contributed by atoms with Crippen molar-refractivity contribution in [2.45, 2.75) is 6.54 Å². The number of anilines is 2. The molecule has 2 aromatic heterocycles. The van der Waals surface area contributed by atoms with Crippen molar-refractivity contribution in [2.75, 3.05) is 11.1 Å². The first-order valence-corrected chi connectivity index (χ1v) is 6.05. The maximum Gasteiger partial charge on any atom is 0.184 e. The number of benzene rings is 1. The van der Waals surface area contributed by atoms with E-state index in [2.05, 4.69) is 10.3 Å². The van der Waals surface area contributed by atoms with Gasteiger partial charge in [0.05, 0.1) is 23.0 Å². The first-order chi connectivity index (χ1) is 8.31. The van der Waals surface area contributed by atoms with Gasteiger partial charge in [0.25, 0.3) is 0 Å². The number of nitrogens with two attached hydrogens (primary N) is 1. The molecule has 0 saturated carbocycles. The van der Waals surface area contributed by atoms with Gasteiger partial charge in [0.1, 0.15) is 5.76 Å². The van der Waals surface area contributed by atoms with Gasteiger partial charge in [-0.05, 0) is 30.3 Å². The molecule has 3 aromatic rings. The van der Waals surface area contributed by atoms with E-state index in [-0.39, 0.29) is 0 Å². The molecule has 0 amide bonds. The Morgan fingerprint density at radius 3 is 3.12 bits per heavy atom. The number of aromatic nitrogens is 1. The molecular weight excluding hydrogens is 234 g/mol. The predicted octanol–water partition coefficient (Wildman–Crippen LogP) is 3.08. The molecule has 0 unspecified atom stereocenters. The lowest BCUT2D eigenvalue weighted by molar-refractivity contribution is 0.518. The van der Waals surface area contributed by atoms with Gasteiger partial charge in [0.2, 0.25) is 0 Å². The number of nitrogen functional groups attached to an aromatic ring is 1. The fourth-order valence-corrected chi connectivity index (χ4v) is 2.50.